The first-order chi connectivity index (χ1) is 28.1. The molecule has 0 atom stereocenters. The molecule has 57 heavy (non-hydrogen) atoms. The standard InChI is InChI=1S/C50H43N5O2/c1-2-57-49(56)41-20-17-27-45(36-41)54(35-34-38-18-7-3-8-19-38)37-39-30-32-40(33-31-39)46-28-15-16-29-47(46)48-51-53-55(52-48)50(42-21-9-4-10-22-42,43-23-11-5-12-24-43)44-25-13-6-14-26-44/h3-33,36H,2,34-35,37H2,1H3. The molecule has 0 spiro atoms. The van der Waals surface area contributed by atoms with Crippen LogP contribution in [0.5, 0.6) is 0 Å². The van der Waals surface area contributed by atoms with Crippen LogP contribution < -0.4 is 4.90 Å². The second kappa shape index (κ2) is 17.1. The van der Waals surface area contributed by atoms with Gasteiger partial charge in [-0.25, -0.2) is 4.79 Å². The smallest absolute Gasteiger partial charge is 0.338 e. The summed E-state index contributed by atoms with van der Waals surface area (Å²) in [6.07, 6.45) is 0.865. The van der Waals surface area contributed by atoms with E-state index >= 15 is 0 Å². The number of carbonyl (C=O) groups is 1. The lowest BCUT2D eigenvalue weighted by atomic mass is 9.77. The number of hydrogen-bond donors (Lipinski definition) is 0. The van der Waals surface area contributed by atoms with Crippen LogP contribution in [0.1, 0.15) is 45.1 Å². The molecule has 0 radical (unpaired) electrons. The highest BCUT2D eigenvalue weighted by molar-refractivity contribution is 5.90. The largest absolute Gasteiger partial charge is 0.462 e. The van der Waals surface area contributed by atoms with E-state index in [4.69, 9.17) is 20.1 Å². The monoisotopic (exact) mass is 745 g/mol. The van der Waals surface area contributed by atoms with Gasteiger partial charge in [0.05, 0.1) is 12.2 Å². The van der Waals surface area contributed by atoms with Gasteiger partial charge in [0, 0.05) is 24.3 Å². The Labute approximate surface area is 333 Å². The predicted molar refractivity (Wildman–Crippen MR) is 227 cm³/mol. The predicted octanol–water partition coefficient (Wildman–Crippen LogP) is 10.3. The van der Waals surface area contributed by atoms with Crippen molar-refractivity contribution in [3.05, 3.63) is 228 Å². The molecule has 0 aliphatic carbocycles. The summed E-state index contributed by atoms with van der Waals surface area (Å²) in [7, 11) is 0. The van der Waals surface area contributed by atoms with Gasteiger partial charge < -0.3 is 9.64 Å². The molecule has 8 aromatic rings. The molecule has 0 unspecified atom stereocenters. The normalized spacial score (nSPS) is 11.2. The van der Waals surface area contributed by atoms with E-state index in [1.807, 2.05) is 61.5 Å². The lowest BCUT2D eigenvalue weighted by Crippen LogP contribution is -2.39. The summed E-state index contributed by atoms with van der Waals surface area (Å²) in [5.41, 5.74) is 9.09. The topological polar surface area (TPSA) is 73.1 Å². The third kappa shape index (κ3) is 7.86. The van der Waals surface area contributed by atoms with Crippen LogP contribution in [0.3, 0.4) is 0 Å². The summed E-state index contributed by atoms with van der Waals surface area (Å²) < 4.78 is 5.31. The molecule has 1 aromatic heterocycles. The minimum atomic E-state index is -0.867. The quantitative estimate of drug-likeness (QED) is 0.0815. The number of tetrazole rings is 1. The molecular formula is C50H43N5O2. The van der Waals surface area contributed by atoms with Crippen molar-refractivity contribution in [1.29, 1.82) is 0 Å². The van der Waals surface area contributed by atoms with Gasteiger partial charge in [0.25, 0.3) is 0 Å². The van der Waals surface area contributed by atoms with Crippen LogP contribution >= 0.6 is 0 Å². The van der Waals surface area contributed by atoms with Crippen molar-refractivity contribution in [2.75, 3.05) is 18.1 Å². The fourth-order valence-corrected chi connectivity index (χ4v) is 7.54. The summed E-state index contributed by atoms with van der Waals surface area (Å²) in [6, 6.07) is 66.2. The first-order valence-corrected chi connectivity index (χ1v) is 19.4. The fraction of sp³-hybridized carbons (Fsp3) is 0.120. The van der Waals surface area contributed by atoms with Gasteiger partial charge in [0.15, 0.2) is 5.54 Å². The third-order valence-electron chi connectivity index (χ3n) is 10.3. The van der Waals surface area contributed by atoms with Crippen molar-refractivity contribution in [3.63, 3.8) is 0 Å². The number of hydrogen-bond acceptors (Lipinski definition) is 6. The number of anilines is 1. The van der Waals surface area contributed by atoms with Gasteiger partial charge in [-0.3, -0.25) is 0 Å². The van der Waals surface area contributed by atoms with Gasteiger partial charge in [-0.05, 0) is 75.7 Å². The summed E-state index contributed by atoms with van der Waals surface area (Å²) in [6.45, 7) is 3.60. The Morgan fingerprint density at radius 3 is 1.77 bits per heavy atom. The molecular weight excluding hydrogens is 703 g/mol. The van der Waals surface area contributed by atoms with Gasteiger partial charge in [-0.1, -0.05) is 176 Å². The van der Waals surface area contributed by atoms with Gasteiger partial charge in [-0.2, -0.15) is 0 Å². The number of aromatic nitrogens is 4. The van der Waals surface area contributed by atoms with Crippen LogP contribution in [-0.4, -0.2) is 39.3 Å². The van der Waals surface area contributed by atoms with Crippen molar-refractivity contribution in [3.8, 4) is 22.5 Å². The number of rotatable bonds is 14. The zero-order valence-electron chi connectivity index (χ0n) is 31.9. The van der Waals surface area contributed by atoms with E-state index in [1.54, 1.807) is 4.80 Å². The second-order valence-corrected chi connectivity index (χ2v) is 13.9. The Hall–Kier alpha value is -7.12. The minimum absolute atomic E-state index is 0.314. The third-order valence-corrected chi connectivity index (χ3v) is 10.3. The molecule has 0 amide bonds. The average Bonchev–Trinajstić information content (AvgIpc) is 3.78. The van der Waals surface area contributed by atoms with Crippen molar-refractivity contribution in [2.45, 2.75) is 25.4 Å². The van der Waals surface area contributed by atoms with Crippen molar-refractivity contribution < 1.29 is 9.53 Å². The molecule has 0 fully saturated rings. The van der Waals surface area contributed by atoms with Crippen LogP contribution in [0.4, 0.5) is 5.69 Å². The first kappa shape index (κ1) is 36.8. The fourth-order valence-electron chi connectivity index (χ4n) is 7.54. The summed E-state index contributed by atoms with van der Waals surface area (Å²) in [5, 5.41) is 14.7. The van der Waals surface area contributed by atoms with Gasteiger partial charge >= 0.3 is 5.97 Å². The van der Waals surface area contributed by atoms with E-state index in [9.17, 15) is 4.79 Å². The second-order valence-electron chi connectivity index (χ2n) is 13.9. The molecule has 0 aliphatic heterocycles. The van der Waals surface area contributed by atoms with Crippen molar-refractivity contribution >= 4 is 11.7 Å². The molecule has 7 aromatic carbocycles. The van der Waals surface area contributed by atoms with E-state index < -0.39 is 5.54 Å². The van der Waals surface area contributed by atoms with E-state index in [1.165, 1.54) is 5.56 Å². The van der Waals surface area contributed by atoms with E-state index in [2.05, 4.69) is 144 Å². The number of ether oxygens (including phenoxy) is 1. The molecule has 0 saturated heterocycles. The number of carbonyl (C=O) groups excluding carboxylic acids is 1. The lowest BCUT2D eigenvalue weighted by Gasteiger charge is -2.34. The summed E-state index contributed by atoms with van der Waals surface area (Å²) in [5.74, 6) is 0.223. The Kier molecular flexibility index (Phi) is 11.1. The van der Waals surface area contributed by atoms with Crippen LogP contribution in [0, 0.1) is 0 Å². The van der Waals surface area contributed by atoms with Gasteiger partial charge in [-0.15, -0.1) is 15.0 Å². The van der Waals surface area contributed by atoms with Gasteiger partial charge in [0.1, 0.15) is 0 Å². The number of esters is 1. The maximum Gasteiger partial charge on any atom is 0.338 e. The Balaban J connectivity index is 1.12. The molecule has 8 rings (SSSR count). The van der Waals surface area contributed by atoms with E-state index in [-0.39, 0.29) is 5.97 Å². The first-order valence-electron chi connectivity index (χ1n) is 19.4. The van der Waals surface area contributed by atoms with Crippen LogP contribution in [0.15, 0.2) is 194 Å². The van der Waals surface area contributed by atoms with Gasteiger partial charge in [0.2, 0.25) is 5.82 Å². The summed E-state index contributed by atoms with van der Waals surface area (Å²) >= 11 is 0. The summed E-state index contributed by atoms with van der Waals surface area (Å²) in [4.78, 5) is 16.7. The molecule has 1 heterocycles. The number of benzene rings is 7. The number of nitrogens with zero attached hydrogens (tertiary/aromatic N) is 5. The Morgan fingerprint density at radius 1 is 0.614 bits per heavy atom. The molecule has 0 N–H and O–H groups in total. The van der Waals surface area contributed by atoms with Crippen molar-refractivity contribution in [1.82, 2.24) is 20.2 Å². The van der Waals surface area contributed by atoms with Crippen molar-refractivity contribution in [2.24, 2.45) is 0 Å². The van der Waals surface area contributed by atoms with E-state index in [0.29, 0.717) is 24.5 Å². The Morgan fingerprint density at radius 2 is 1.18 bits per heavy atom. The van der Waals surface area contributed by atoms with E-state index in [0.717, 1.165) is 57.6 Å². The lowest BCUT2D eigenvalue weighted by molar-refractivity contribution is 0.0526. The highest BCUT2D eigenvalue weighted by Gasteiger charge is 2.41. The molecule has 0 aliphatic rings. The SMILES string of the molecule is CCOC(=O)c1cccc(N(CCc2ccccc2)Cc2ccc(-c3ccccc3-c3nnn(C(c4ccccc4)(c4ccccc4)c4ccccc4)n3)cc2)c1. The van der Waals surface area contributed by atoms with Crippen LogP contribution in [0.2, 0.25) is 0 Å². The minimum Gasteiger partial charge on any atom is -0.462 e. The van der Waals surface area contributed by atoms with Crippen LogP contribution in [0.25, 0.3) is 22.5 Å². The van der Waals surface area contributed by atoms with Crippen LogP contribution in [-0.2, 0) is 23.2 Å². The highest BCUT2D eigenvalue weighted by atomic mass is 16.5. The molecule has 0 bridgehead atoms. The molecule has 0 saturated carbocycles. The maximum absolute atomic E-state index is 12.6. The average molecular weight is 746 g/mol. The molecule has 280 valence electrons. The Bertz CT molecular complexity index is 2430. The molecule has 7 heteroatoms. The molecule has 7 nitrogen and oxygen atoms in total. The zero-order valence-corrected chi connectivity index (χ0v) is 31.9. The highest BCUT2D eigenvalue weighted by Crippen LogP contribution is 2.40. The zero-order chi connectivity index (χ0) is 38.9. The maximum atomic E-state index is 12.6.